The lowest BCUT2D eigenvalue weighted by Gasteiger charge is -2.36. The number of benzene rings is 1. The number of halogens is 2. The van der Waals surface area contributed by atoms with E-state index in [4.69, 9.17) is 23.2 Å². The molecule has 140 valence electrons. The molecule has 1 aliphatic heterocycles. The van der Waals surface area contributed by atoms with Gasteiger partial charge < -0.3 is 4.90 Å². The zero-order valence-corrected chi connectivity index (χ0v) is 17.1. The summed E-state index contributed by atoms with van der Waals surface area (Å²) in [7, 11) is -3.13. The lowest BCUT2D eigenvalue weighted by molar-refractivity contribution is -0.122. The third-order valence-corrected chi connectivity index (χ3v) is 7.10. The van der Waals surface area contributed by atoms with Crippen LogP contribution in [0, 0.1) is 0 Å². The van der Waals surface area contributed by atoms with Crippen molar-refractivity contribution in [1.82, 2.24) is 9.21 Å². The van der Waals surface area contributed by atoms with Crippen molar-refractivity contribution in [1.29, 1.82) is 0 Å². The first-order chi connectivity index (χ1) is 11.5. The first-order valence-electron chi connectivity index (χ1n) is 8.18. The van der Waals surface area contributed by atoms with Crippen LogP contribution < -0.4 is 0 Å². The van der Waals surface area contributed by atoms with Crippen LogP contribution in [0.5, 0.6) is 0 Å². The maximum Gasteiger partial charge on any atom is 0.211 e. The molecule has 1 aromatic carbocycles. The summed E-state index contributed by atoms with van der Waals surface area (Å²) in [6.07, 6.45) is 1.87. The summed E-state index contributed by atoms with van der Waals surface area (Å²) in [6, 6.07) is 5.31. The molecule has 0 radical (unpaired) electrons. The molecule has 0 bridgehead atoms. The van der Waals surface area contributed by atoms with Crippen molar-refractivity contribution in [2.24, 2.45) is 0 Å². The molecule has 8 heteroatoms. The summed E-state index contributed by atoms with van der Waals surface area (Å²) in [5.41, 5.74) is 0.200. The molecule has 1 unspecified atom stereocenters. The quantitative estimate of drug-likeness (QED) is 0.728. The molecule has 25 heavy (non-hydrogen) atoms. The molecule has 0 saturated carbocycles. The number of carbonyl (C=O) groups excluding carboxylic acids is 1. The van der Waals surface area contributed by atoms with Crippen molar-refractivity contribution in [2.75, 3.05) is 39.0 Å². The van der Waals surface area contributed by atoms with Crippen LogP contribution in [0.2, 0.25) is 10.0 Å². The van der Waals surface area contributed by atoms with Gasteiger partial charge in [-0.25, -0.2) is 8.42 Å². The van der Waals surface area contributed by atoms with Crippen molar-refractivity contribution in [2.45, 2.75) is 25.7 Å². The Morgan fingerprint density at radius 2 is 1.76 bits per heavy atom. The fraction of sp³-hybridized carbons (Fsp3) is 0.588. The number of hydrogen-bond acceptors (Lipinski definition) is 4. The Labute approximate surface area is 159 Å². The van der Waals surface area contributed by atoms with E-state index < -0.39 is 15.4 Å². The van der Waals surface area contributed by atoms with E-state index >= 15 is 0 Å². The molecule has 0 amide bonds. The highest BCUT2D eigenvalue weighted by molar-refractivity contribution is 7.88. The lowest BCUT2D eigenvalue weighted by atomic mass is 9.76. The van der Waals surface area contributed by atoms with E-state index in [1.807, 2.05) is 13.0 Å². The fourth-order valence-electron chi connectivity index (χ4n) is 3.03. The topological polar surface area (TPSA) is 57.7 Å². The Kier molecular flexibility index (Phi) is 6.55. The van der Waals surface area contributed by atoms with Crippen molar-refractivity contribution >= 4 is 39.0 Å². The molecule has 1 atom stereocenters. The van der Waals surface area contributed by atoms with Crippen LogP contribution in [-0.2, 0) is 20.2 Å². The van der Waals surface area contributed by atoms with E-state index in [9.17, 15) is 13.2 Å². The molecule has 5 nitrogen and oxygen atoms in total. The van der Waals surface area contributed by atoms with Crippen LogP contribution in [-0.4, -0.2) is 62.4 Å². The molecule has 0 aliphatic carbocycles. The van der Waals surface area contributed by atoms with Crippen LogP contribution >= 0.6 is 23.2 Å². The Morgan fingerprint density at radius 1 is 1.16 bits per heavy atom. The first kappa shape index (κ1) is 20.6. The number of sulfonamides is 1. The average Bonchev–Trinajstić information content (AvgIpc) is 2.54. The fourth-order valence-corrected chi connectivity index (χ4v) is 4.15. The number of piperazine rings is 1. The molecule has 1 saturated heterocycles. The molecule has 1 heterocycles. The molecule has 0 N–H and O–H groups in total. The summed E-state index contributed by atoms with van der Waals surface area (Å²) >= 11 is 12.1. The number of hydrogen-bond donors (Lipinski definition) is 0. The van der Waals surface area contributed by atoms with E-state index in [1.165, 1.54) is 10.6 Å². The van der Waals surface area contributed by atoms with Gasteiger partial charge in [-0.05, 0) is 44.5 Å². The van der Waals surface area contributed by atoms with Gasteiger partial charge in [-0.2, -0.15) is 4.31 Å². The van der Waals surface area contributed by atoms with Gasteiger partial charge in [0.25, 0.3) is 0 Å². The second kappa shape index (κ2) is 7.92. The summed E-state index contributed by atoms with van der Waals surface area (Å²) in [6.45, 7) is 6.54. The predicted molar refractivity (Wildman–Crippen MR) is 102 cm³/mol. The van der Waals surface area contributed by atoms with Gasteiger partial charge in [0.2, 0.25) is 10.0 Å². The minimum atomic E-state index is -3.13. The molecular formula is C17H24Cl2N2O3S. The summed E-state index contributed by atoms with van der Waals surface area (Å²) in [5.74, 6) is 0.0701. The zero-order chi connectivity index (χ0) is 18.8. The van der Waals surface area contributed by atoms with Gasteiger partial charge in [-0.1, -0.05) is 29.3 Å². The van der Waals surface area contributed by atoms with Crippen LogP contribution in [0.1, 0.15) is 25.8 Å². The van der Waals surface area contributed by atoms with Crippen molar-refractivity contribution in [3.63, 3.8) is 0 Å². The van der Waals surface area contributed by atoms with Crippen LogP contribution in [0.3, 0.4) is 0 Å². The molecule has 1 fully saturated rings. The number of carbonyl (C=O) groups is 1. The van der Waals surface area contributed by atoms with Gasteiger partial charge in [0, 0.05) is 26.2 Å². The third-order valence-electron chi connectivity index (χ3n) is 5.06. The van der Waals surface area contributed by atoms with Gasteiger partial charge in [0.05, 0.1) is 21.7 Å². The summed E-state index contributed by atoms with van der Waals surface area (Å²) in [4.78, 5) is 14.5. The van der Waals surface area contributed by atoms with E-state index in [2.05, 4.69) is 4.90 Å². The Bertz CT molecular complexity index is 746. The van der Waals surface area contributed by atoms with Gasteiger partial charge in [-0.15, -0.1) is 0 Å². The highest BCUT2D eigenvalue weighted by Gasteiger charge is 2.33. The van der Waals surface area contributed by atoms with Crippen LogP contribution in [0.25, 0.3) is 0 Å². The van der Waals surface area contributed by atoms with Crippen molar-refractivity contribution < 1.29 is 13.2 Å². The smallest absolute Gasteiger partial charge is 0.211 e. The largest absolute Gasteiger partial charge is 0.301 e. The minimum absolute atomic E-state index is 0.0701. The normalized spacial score (nSPS) is 19.6. The standard InChI is InChI=1S/C17H24Cl2N2O3S/c1-13(22)17(2,14-4-5-15(18)16(19)12-14)6-7-20-8-10-21(11-9-20)25(3,23)24/h4-5,12H,6-11H2,1-3H3. The third kappa shape index (κ3) is 4.95. The predicted octanol–water partition coefficient (Wildman–Crippen LogP) is 2.81. The lowest BCUT2D eigenvalue weighted by Crippen LogP contribution is -2.49. The highest BCUT2D eigenvalue weighted by atomic mass is 35.5. The number of rotatable bonds is 6. The maximum atomic E-state index is 12.3. The van der Waals surface area contributed by atoms with Crippen LogP contribution in [0.4, 0.5) is 0 Å². The maximum absolute atomic E-state index is 12.3. The second-order valence-electron chi connectivity index (χ2n) is 6.77. The number of nitrogens with zero attached hydrogens (tertiary/aromatic N) is 2. The molecule has 2 rings (SSSR count). The first-order valence-corrected chi connectivity index (χ1v) is 10.8. The molecule has 0 aromatic heterocycles. The SMILES string of the molecule is CC(=O)C(C)(CCN1CCN(S(C)(=O)=O)CC1)c1ccc(Cl)c(Cl)c1. The van der Waals surface area contributed by atoms with Crippen molar-refractivity contribution in [3.8, 4) is 0 Å². The summed E-state index contributed by atoms with van der Waals surface area (Å²) in [5, 5.41) is 0.904. The van der Waals surface area contributed by atoms with Gasteiger partial charge in [0.15, 0.2) is 0 Å². The molecule has 1 aromatic rings. The zero-order valence-electron chi connectivity index (χ0n) is 14.8. The monoisotopic (exact) mass is 406 g/mol. The van der Waals surface area contributed by atoms with Crippen LogP contribution in [0.15, 0.2) is 18.2 Å². The van der Waals surface area contributed by atoms with Gasteiger partial charge in [0.1, 0.15) is 5.78 Å². The Balaban J connectivity index is 2.05. The molecule has 0 spiro atoms. The Hall–Kier alpha value is -0.660. The average molecular weight is 407 g/mol. The minimum Gasteiger partial charge on any atom is -0.301 e. The van der Waals surface area contributed by atoms with Gasteiger partial charge in [-0.3, -0.25) is 4.79 Å². The van der Waals surface area contributed by atoms with E-state index in [0.29, 0.717) is 49.2 Å². The van der Waals surface area contributed by atoms with Crippen molar-refractivity contribution in [3.05, 3.63) is 33.8 Å². The number of Topliss-reactive ketones (excluding diaryl/α,β-unsaturated/α-hetero) is 1. The molecular weight excluding hydrogens is 383 g/mol. The van der Waals surface area contributed by atoms with E-state index in [1.54, 1.807) is 19.1 Å². The van der Waals surface area contributed by atoms with E-state index in [0.717, 1.165) is 5.56 Å². The highest BCUT2D eigenvalue weighted by Crippen LogP contribution is 2.33. The van der Waals surface area contributed by atoms with E-state index in [-0.39, 0.29) is 5.78 Å². The Morgan fingerprint density at radius 3 is 2.24 bits per heavy atom. The summed E-state index contributed by atoms with van der Waals surface area (Å²) < 4.78 is 24.7. The van der Waals surface area contributed by atoms with Gasteiger partial charge >= 0.3 is 0 Å². The second-order valence-corrected chi connectivity index (χ2v) is 9.57. The number of ketones is 1. The molecule has 1 aliphatic rings.